The van der Waals surface area contributed by atoms with Gasteiger partial charge in [0.05, 0.1) is 5.56 Å². The van der Waals surface area contributed by atoms with Crippen molar-refractivity contribution in [3.8, 4) is 28.2 Å². The van der Waals surface area contributed by atoms with Gasteiger partial charge in [-0.1, -0.05) is 77.3 Å². The average molecular weight is 907 g/mol. The van der Waals surface area contributed by atoms with Crippen LogP contribution in [0.25, 0.3) is 33.4 Å². The summed E-state index contributed by atoms with van der Waals surface area (Å²) in [5.41, 5.74) is 0.878. The molecule has 10 nitrogen and oxygen atoms in total. The second-order valence-corrected chi connectivity index (χ2v) is 21.0. The number of allylic oxidation sites excluding steroid dienone is 1. The van der Waals surface area contributed by atoms with Crippen LogP contribution in [0.2, 0.25) is 0 Å². The Bertz CT molecular complexity index is 2550. The number of halogens is 2. The molecule has 0 saturated heterocycles. The first kappa shape index (κ1) is 47.4. The number of carbonyl (C=O) groups excluding carboxylic acids is 2. The highest BCUT2D eigenvalue weighted by Gasteiger charge is 2.59. The maximum atomic E-state index is 14.6. The molecule has 2 aromatic carbocycles. The molecule has 4 N–H and O–H groups in total. The van der Waals surface area contributed by atoms with Crippen molar-refractivity contribution < 1.29 is 37.8 Å². The van der Waals surface area contributed by atoms with Gasteiger partial charge >= 0.3 is 5.97 Å². The minimum absolute atomic E-state index is 0.00271. The van der Waals surface area contributed by atoms with Crippen LogP contribution in [0.5, 0.6) is 5.75 Å². The number of nitrogens with one attached hydrogen (secondary N) is 3. The van der Waals surface area contributed by atoms with Crippen molar-refractivity contribution in [2.45, 2.75) is 124 Å². The van der Waals surface area contributed by atoms with E-state index in [9.17, 15) is 38.2 Å². The molecule has 5 aliphatic carbocycles. The Morgan fingerprint density at radius 3 is 2.45 bits per heavy atom. The number of hydrogen-bond donors (Lipinski definition) is 4. The van der Waals surface area contributed by atoms with Gasteiger partial charge in [-0.15, -0.1) is 0 Å². The summed E-state index contributed by atoms with van der Waals surface area (Å²) in [5.74, 6) is -0.752. The Morgan fingerprint density at radius 2 is 1.68 bits per heavy atom. The van der Waals surface area contributed by atoms with Gasteiger partial charge in [0, 0.05) is 53.7 Å². The Labute approximate surface area is 386 Å². The Hall–Kier alpha value is -5.10. The van der Waals surface area contributed by atoms with Crippen molar-refractivity contribution in [1.82, 2.24) is 16.0 Å². The summed E-state index contributed by atoms with van der Waals surface area (Å²) in [6.07, 6.45) is 17.9. The highest BCUT2D eigenvalue weighted by atomic mass is 19.1. The third-order valence-corrected chi connectivity index (χ3v) is 16.7. The van der Waals surface area contributed by atoms with E-state index >= 15 is 0 Å². The van der Waals surface area contributed by atoms with Gasteiger partial charge in [-0.05, 0) is 147 Å². The molecule has 1 aliphatic heterocycles. The van der Waals surface area contributed by atoms with Gasteiger partial charge in [0.2, 0.25) is 11.3 Å². The molecule has 0 aromatic heterocycles. The van der Waals surface area contributed by atoms with E-state index in [2.05, 4.69) is 56.6 Å². The Morgan fingerprint density at radius 1 is 0.879 bits per heavy atom. The lowest BCUT2D eigenvalue weighted by atomic mass is 9.47. The van der Waals surface area contributed by atoms with Gasteiger partial charge in [-0.2, -0.15) is 0 Å². The molecule has 0 spiro atoms. The molecule has 3 saturated carbocycles. The van der Waals surface area contributed by atoms with Crippen LogP contribution in [0, 0.1) is 58.0 Å². The number of amides is 2. The molecule has 354 valence electrons. The van der Waals surface area contributed by atoms with Crippen LogP contribution in [0.4, 0.5) is 8.78 Å². The minimum Gasteiger partial charge on any atom is -0.870 e. The lowest BCUT2D eigenvalue weighted by molar-refractivity contribution is -0.272. The van der Waals surface area contributed by atoms with Crippen molar-refractivity contribution in [3.63, 3.8) is 0 Å². The third-order valence-electron chi connectivity index (χ3n) is 16.7. The Balaban J connectivity index is 0.799. The topological polar surface area (TPSA) is 161 Å². The van der Waals surface area contributed by atoms with Gasteiger partial charge in [0.15, 0.2) is 5.82 Å². The number of aromatic carboxylic acids is 1. The first-order chi connectivity index (χ1) is 31.5. The highest BCUT2D eigenvalue weighted by molar-refractivity contribution is 6.09. The van der Waals surface area contributed by atoms with Gasteiger partial charge in [-0.25, -0.2) is 13.6 Å². The van der Waals surface area contributed by atoms with Crippen molar-refractivity contribution in [3.05, 3.63) is 87.1 Å². The molecule has 8 rings (SSSR count). The zero-order chi connectivity index (χ0) is 47.1. The molecular formula is C54H66F2N3O7-. The van der Waals surface area contributed by atoms with Gasteiger partial charge in [0.25, 0.3) is 5.91 Å². The highest BCUT2D eigenvalue weighted by Crippen LogP contribution is 2.67. The normalized spacial score (nSPS) is 26.4. The van der Waals surface area contributed by atoms with E-state index in [1.165, 1.54) is 76.3 Å². The fraction of sp³-hybridized carbons (Fsp3) is 0.556. The predicted octanol–water partition coefficient (Wildman–Crippen LogP) is 10.2. The van der Waals surface area contributed by atoms with E-state index in [1.54, 1.807) is 5.57 Å². The molecular weight excluding hydrogens is 841 g/mol. The predicted molar refractivity (Wildman–Crippen MR) is 250 cm³/mol. The first-order valence-electron chi connectivity index (χ1n) is 24.4. The largest absolute Gasteiger partial charge is 0.870 e. The van der Waals surface area contributed by atoms with E-state index in [-0.39, 0.29) is 63.4 Å². The summed E-state index contributed by atoms with van der Waals surface area (Å²) in [6, 6.07) is 7.69. The van der Waals surface area contributed by atoms with Crippen molar-refractivity contribution >= 4 is 28.8 Å². The smallest absolute Gasteiger partial charge is 0.336 e. The van der Waals surface area contributed by atoms with Crippen LogP contribution < -0.4 is 26.5 Å². The van der Waals surface area contributed by atoms with Crippen LogP contribution >= 0.6 is 0 Å². The molecule has 12 heteroatoms. The summed E-state index contributed by atoms with van der Waals surface area (Å²) in [5, 5.41) is 31.7. The van der Waals surface area contributed by atoms with Crippen LogP contribution in [0.15, 0.2) is 63.3 Å². The quantitative estimate of drug-likeness (QED) is 0.0491. The fourth-order valence-electron chi connectivity index (χ4n) is 13.2. The third kappa shape index (κ3) is 9.28. The second-order valence-electron chi connectivity index (χ2n) is 21.0. The van der Waals surface area contributed by atoms with Crippen LogP contribution in [0.1, 0.15) is 139 Å². The van der Waals surface area contributed by atoms with Crippen molar-refractivity contribution in [2.75, 3.05) is 19.6 Å². The molecule has 5 unspecified atom stereocenters. The number of rotatable bonds is 16. The van der Waals surface area contributed by atoms with Gasteiger partial charge in [-0.3, -0.25) is 14.4 Å². The van der Waals surface area contributed by atoms with Crippen LogP contribution in [0.3, 0.4) is 0 Å². The van der Waals surface area contributed by atoms with Gasteiger partial charge < -0.3 is 30.6 Å². The maximum Gasteiger partial charge on any atom is 0.336 e. The number of carboxylic acids is 1. The van der Waals surface area contributed by atoms with E-state index in [0.29, 0.717) is 23.4 Å². The summed E-state index contributed by atoms with van der Waals surface area (Å²) < 4.78 is 34.8. The zero-order valence-electron chi connectivity index (χ0n) is 39.1. The SMILES string of the molecule is CC(C)CCCC(C)[C@H]1CCC2C3CC=C4CC(NCCCNC(=O)CCNC(=O)c5ccc(-c6c7cc(F)c(=O)cc-7oc7cc([O-])c(F)cc67)c(C(=O)O)c5)CC[C@]4(C)C3CC[C@@]21C. The number of hydrogen-bond acceptors (Lipinski definition) is 7. The molecule has 6 aliphatic rings. The monoisotopic (exact) mass is 906 g/mol. The number of benzene rings is 3. The Kier molecular flexibility index (Phi) is 13.8. The number of fused-ring (bicyclic) bond motifs is 7. The van der Waals surface area contributed by atoms with Crippen LogP contribution in [-0.4, -0.2) is 48.6 Å². The summed E-state index contributed by atoms with van der Waals surface area (Å²) in [4.78, 5) is 50.6. The van der Waals surface area contributed by atoms with Crippen molar-refractivity contribution in [1.29, 1.82) is 0 Å². The molecule has 1 heterocycles. The lowest BCUT2D eigenvalue weighted by Gasteiger charge is -2.58. The maximum absolute atomic E-state index is 14.6. The number of carboxylic acid groups (broad SMARTS) is 1. The standard InChI is InChI=1S/C54H67F2N3O7/c1-30(2)8-6-9-31(3)40-14-15-41-36-13-11-33-25-34(16-19-53(33,4)42(36)17-20-54(40,41)5)57-21-7-22-58-49(62)18-23-59-51(63)32-10-12-35(37(24-32)52(64)65)50-38-26-43(55)45(60)28-47(38)66-48-29-46(61)44(56)27-39(48)50/h10-12,24,26-31,34,36,40-42,57,60H,6-9,13-23,25H2,1-5H3,(H,58,62)(H,59,63)(H,64,65)/p-1/t31?,34?,36?,40-,41?,42?,53+,54-/m1/s1. The first-order valence-corrected chi connectivity index (χ1v) is 24.4. The lowest BCUT2D eigenvalue weighted by Crippen LogP contribution is -2.51. The summed E-state index contributed by atoms with van der Waals surface area (Å²) >= 11 is 0. The molecule has 3 fully saturated rings. The van der Waals surface area contributed by atoms with E-state index < -0.39 is 34.7 Å². The summed E-state index contributed by atoms with van der Waals surface area (Å²) in [7, 11) is 0. The molecule has 2 amide bonds. The van der Waals surface area contributed by atoms with Crippen LogP contribution in [-0.2, 0) is 4.79 Å². The molecule has 8 atom stereocenters. The zero-order valence-corrected chi connectivity index (χ0v) is 39.1. The number of carbonyl (C=O) groups is 3. The fourth-order valence-corrected chi connectivity index (χ4v) is 13.2. The molecule has 66 heavy (non-hydrogen) atoms. The van der Waals surface area contributed by atoms with E-state index in [4.69, 9.17) is 4.42 Å². The van der Waals surface area contributed by atoms with E-state index in [0.717, 1.165) is 85.2 Å². The molecule has 0 radical (unpaired) electrons. The van der Waals surface area contributed by atoms with Gasteiger partial charge in [0.1, 0.15) is 17.2 Å². The summed E-state index contributed by atoms with van der Waals surface area (Å²) in [6.45, 7) is 13.8. The van der Waals surface area contributed by atoms with Crippen molar-refractivity contribution in [2.24, 2.45) is 46.3 Å². The minimum atomic E-state index is -1.44. The second kappa shape index (κ2) is 19.2. The molecule has 2 aromatic rings. The average Bonchev–Trinajstić information content (AvgIpc) is 3.63. The van der Waals surface area contributed by atoms with E-state index in [1.807, 2.05) is 0 Å². The molecule has 0 bridgehead atoms.